The average molecular weight is 333 g/mol. The number of fused-ring (bicyclic) bond motifs is 3. The number of H-pyrrole nitrogens is 1. The van der Waals surface area contributed by atoms with Crippen molar-refractivity contribution in [1.82, 2.24) is 19.6 Å². The third-order valence-corrected chi connectivity index (χ3v) is 2.92. The van der Waals surface area contributed by atoms with Gasteiger partial charge in [0, 0.05) is 6.07 Å². The Balaban J connectivity index is 2.49. The molecule has 19 heavy (non-hydrogen) atoms. The molecule has 0 radical (unpaired) electrons. The third-order valence-electron chi connectivity index (χ3n) is 2.53. The van der Waals surface area contributed by atoms with E-state index in [0.29, 0.717) is 4.60 Å². The van der Waals surface area contributed by atoms with Crippen LogP contribution < -0.4 is 5.56 Å². The van der Waals surface area contributed by atoms with Crippen LogP contribution in [0.15, 0.2) is 27.6 Å². The van der Waals surface area contributed by atoms with Gasteiger partial charge in [-0.3, -0.25) is 4.79 Å². The van der Waals surface area contributed by atoms with E-state index >= 15 is 0 Å². The minimum absolute atomic E-state index is 0.0381. The Bertz CT molecular complexity index is 851. The van der Waals surface area contributed by atoms with Crippen molar-refractivity contribution in [1.29, 1.82) is 0 Å². The van der Waals surface area contributed by atoms with Crippen LogP contribution in [0.2, 0.25) is 0 Å². The Kier molecular flexibility index (Phi) is 2.43. The summed E-state index contributed by atoms with van der Waals surface area (Å²) in [4.78, 5) is 17.7. The number of nitrogens with one attached hydrogen (secondary N) is 1. The van der Waals surface area contributed by atoms with Gasteiger partial charge in [-0.15, -0.1) is 0 Å². The minimum Gasteiger partial charge on any atom is -0.306 e. The van der Waals surface area contributed by atoms with Crippen molar-refractivity contribution < 1.29 is 13.2 Å². The van der Waals surface area contributed by atoms with Crippen molar-refractivity contribution in [2.75, 3.05) is 0 Å². The van der Waals surface area contributed by atoms with Crippen LogP contribution in [0.3, 0.4) is 0 Å². The van der Waals surface area contributed by atoms with Crippen LogP contribution in [0, 0.1) is 0 Å². The number of nitrogens with zero attached hydrogens (tertiary/aromatic N) is 3. The normalized spacial score (nSPS) is 12.4. The molecule has 0 bridgehead atoms. The van der Waals surface area contributed by atoms with E-state index in [1.54, 1.807) is 0 Å². The molecule has 0 aliphatic rings. The summed E-state index contributed by atoms with van der Waals surface area (Å²) in [6.45, 7) is 0. The van der Waals surface area contributed by atoms with Gasteiger partial charge in [0.25, 0.3) is 5.56 Å². The molecule has 9 heteroatoms. The maximum absolute atomic E-state index is 12.6. The van der Waals surface area contributed by atoms with Crippen LogP contribution in [0.1, 0.15) is 5.69 Å². The van der Waals surface area contributed by atoms with Gasteiger partial charge in [0.2, 0.25) is 0 Å². The summed E-state index contributed by atoms with van der Waals surface area (Å²) in [6, 6.07) is 3.32. The minimum atomic E-state index is -4.58. The number of aromatic nitrogens is 4. The molecule has 0 aliphatic heterocycles. The lowest BCUT2D eigenvalue weighted by atomic mass is 10.3. The molecule has 3 heterocycles. The van der Waals surface area contributed by atoms with Crippen LogP contribution >= 0.6 is 15.9 Å². The molecule has 0 saturated carbocycles. The van der Waals surface area contributed by atoms with E-state index in [0.717, 1.165) is 16.6 Å². The number of hydrogen-bond donors (Lipinski definition) is 1. The molecule has 0 fully saturated rings. The lowest BCUT2D eigenvalue weighted by Gasteiger charge is -2.06. The second kappa shape index (κ2) is 3.80. The van der Waals surface area contributed by atoms with Gasteiger partial charge < -0.3 is 4.98 Å². The monoisotopic (exact) mass is 332 g/mol. The first-order chi connectivity index (χ1) is 8.86. The smallest absolute Gasteiger partial charge is 0.306 e. The Morgan fingerprint density at radius 3 is 2.74 bits per heavy atom. The largest absolute Gasteiger partial charge is 0.433 e. The maximum atomic E-state index is 12.6. The highest BCUT2D eigenvalue weighted by molar-refractivity contribution is 9.10. The summed E-state index contributed by atoms with van der Waals surface area (Å²) in [7, 11) is 0. The molecule has 0 atom stereocenters. The van der Waals surface area contributed by atoms with Crippen molar-refractivity contribution in [2.45, 2.75) is 6.18 Å². The molecule has 1 N–H and O–H groups in total. The first kappa shape index (κ1) is 12.2. The third kappa shape index (κ3) is 1.89. The van der Waals surface area contributed by atoms with Gasteiger partial charge in [-0.25, -0.2) is 4.98 Å². The number of halogens is 4. The van der Waals surface area contributed by atoms with E-state index in [1.807, 2.05) is 0 Å². The highest BCUT2D eigenvalue weighted by atomic mass is 79.9. The summed E-state index contributed by atoms with van der Waals surface area (Å²) in [5, 5.41) is 3.98. The SMILES string of the molecule is O=c1[nH]c2cc(Br)nn2c2nc(C(F)(F)F)ccc12. The lowest BCUT2D eigenvalue weighted by molar-refractivity contribution is -0.141. The summed E-state index contributed by atoms with van der Waals surface area (Å²) in [5.74, 6) is 0. The second-order valence-electron chi connectivity index (χ2n) is 3.78. The number of rotatable bonds is 0. The Morgan fingerprint density at radius 1 is 1.32 bits per heavy atom. The molecule has 98 valence electrons. The Labute approximate surface area is 111 Å². The van der Waals surface area contributed by atoms with Gasteiger partial charge >= 0.3 is 6.18 Å². The van der Waals surface area contributed by atoms with Crippen molar-refractivity contribution in [3.63, 3.8) is 0 Å². The van der Waals surface area contributed by atoms with Gasteiger partial charge in [0.15, 0.2) is 5.65 Å². The molecular weight excluding hydrogens is 329 g/mol. The molecule has 3 aromatic heterocycles. The molecule has 0 aliphatic carbocycles. The summed E-state index contributed by atoms with van der Waals surface area (Å²) < 4.78 is 39.4. The average Bonchev–Trinajstić information content (AvgIpc) is 2.68. The van der Waals surface area contributed by atoms with Gasteiger partial charge in [0.05, 0.1) is 5.39 Å². The summed E-state index contributed by atoms with van der Waals surface area (Å²) in [6.07, 6.45) is -4.58. The number of aromatic amines is 1. The van der Waals surface area contributed by atoms with Crippen LogP contribution in [-0.2, 0) is 6.18 Å². The number of hydrogen-bond acceptors (Lipinski definition) is 3. The molecule has 0 unspecified atom stereocenters. The van der Waals surface area contributed by atoms with Crippen molar-refractivity contribution >= 4 is 32.6 Å². The number of pyridine rings is 1. The summed E-state index contributed by atoms with van der Waals surface area (Å²) >= 11 is 3.09. The van der Waals surface area contributed by atoms with Crippen LogP contribution in [0.25, 0.3) is 16.7 Å². The molecule has 5 nitrogen and oxygen atoms in total. The highest BCUT2D eigenvalue weighted by Crippen LogP contribution is 2.28. The highest BCUT2D eigenvalue weighted by Gasteiger charge is 2.33. The van der Waals surface area contributed by atoms with Crippen LogP contribution in [0.4, 0.5) is 13.2 Å². The topological polar surface area (TPSA) is 63.0 Å². The van der Waals surface area contributed by atoms with Gasteiger partial charge in [0.1, 0.15) is 15.9 Å². The van der Waals surface area contributed by atoms with E-state index in [-0.39, 0.29) is 16.7 Å². The molecule has 3 aromatic rings. The molecule has 0 saturated heterocycles. The fourth-order valence-corrected chi connectivity index (χ4v) is 2.11. The zero-order chi connectivity index (χ0) is 13.8. The first-order valence-corrected chi connectivity index (χ1v) is 5.81. The fraction of sp³-hybridized carbons (Fsp3) is 0.100. The van der Waals surface area contributed by atoms with E-state index in [1.165, 1.54) is 6.07 Å². The van der Waals surface area contributed by atoms with E-state index in [9.17, 15) is 18.0 Å². The van der Waals surface area contributed by atoms with Gasteiger partial charge in [-0.1, -0.05) is 0 Å². The zero-order valence-electron chi connectivity index (χ0n) is 8.99. The zero-order valence-corrected chi connectivity index (χ0v) is 10.6. The number of alkyl halides is 3. The van der Waals surface area contributed by atoms with Crippen molar-refractivity contribution in [2.24, 2.45) is 0 Å². The summed E-state index contributed by atoms with van der Waals surface area (Å²) in [5.41, 5.74) is -1.47. The molecule has 3 rings (SSSR count). The van der Waals surface area contributed by atoms with Gasteiger partial charge in [-0.05, 0) is 28.1 Å². The maximum Gasteiger partial charge on any atom is 0.433 e. The predicted molar refractivity (Wildman–Crippen MR) is 63.8 cm³/mol. The van der Waals surface area contributed by atoms with E-state index < -0.39 is 17.4 Å². The molecule has 0 spiro atoms. The van der Waals surface area contributed by atoms with Crippen molar-refractivity contribution in [3.8, 4) is 0 Å². The van der Waals surface area contributed by atoms with Gasteiger partial charge in [-0.2, -0.15) is 22.8 Å². The lowest BCUT2D eigenvalue weighted by Crippen LogP contribution is -2.14. The standard InChI is InChI=1S/C10H4BrF3N4O/c11-6-3-7-16-9(19)4-1-2-5(10(12,13)14)15-8(4)18(7)17-6/h1-3H,(H,16,19). The van der Waals surface area contributed by atoms with Crippen molar-refractivity contribution in [3.05, 3.63) is 38.9 Å². The Morgan fingerprint density at radius 2 is 2.05 bits per heavy atom. The van der Waals surface area contributed by atoms with E-state index in [4.69, 9.17) is 0 Å². The molecule has 0 aromatic carbocycles. The van der Waals surface area contributed by atoms with Crippen LogP contribution in [0.5, 0.6) is 0 Å². The van der Waals surface area contributed by atoms with Crippen LogP contribution in [-0.4, -0.2) is 19.6 Å². The molecular formula is C10H4BrF3N4O. The predicted octanol–water partition coefficient (Wildman–Crippen LogP) is 2.35. The van der Waals surface area contributed by atoms with E-state index in [2.05, 4.69) is 31.0 Å². The fourth-order valence-electron chi connectivity index (χ4n) is 1.73. The quantitative estimate of drug-likeness (QED) is 0.687. The first-order valence-electron chi connectivity index (χ1n) is 5.02. The molecule has 0 amide bonds. The second-order valence-corrected chi connectivity index (χ2v) is 4.60. The Hall–Kier alpha value is -1.90.